The van der Waals surface area contributed by atoms with E-state index in [2.05, 4.69) is 38.6 Å². The molecule has 5 heterocycles. The fraction of sp³-hybridized carbons (Fsp3) is 0.480. The molecule has 2 aromatic heterocycles. The maximum absolute atomic E-state index is 13.4. The van der Waals surface area contributed by atoms with Crippen molar-refractivity contribution >= 4 is 29.6 Å². The van der Waals surface area contributed by atoms with Gasteiger partial charge in [-0.3, -0.25) is 15.0 Å². The van der Waals surface area contributed by atoms with Crippen LogP contribution in [-0.4, -0.2) is 80.2 Å². The highest BCUT2D eigenvalue weighted by Crippen LogP contribution is 2.55. The summed E-state index contributed by atoms with van der Waals surface area (Å²) in [6.07, 6.45) is 3.43. The normalized spacial score (nSPS) is 22.6. The minimum Gasteiger partial charge on any atom is -0.383 e. The van der Waals surface area contributed by atoms with E-state index >= 15 is 0 Å². The molecule has 2 bridgehead atoms. The lowest BCUT2D eigenvalue weighted by Crippen LogP contribution is -2.63. The fourth-order valence-corrected chi connectivity index (χ4v) is 5.23. The highest BCUT2D eigenvalue weighted by Gasteiger charge is 2.57. The molecule has 0 radical (unpaired) electrons. The van der Waals surface area contributed by atoms with Gasteiger partial charge in [0.05, 0.1) is 24.5 Å². The molecule has 2 aromatic rings. The van der Waals surface area contributed by atoms with Crippen LogP contribution in [0.4, 0.5) is 22.1 Å². The Labute approximate surface area is 209 Å². The third kappa shape index (κ3) is 4.39. The van der Waals surface area contributed by atoms with Crippen molar-refractivity contribution in [3.05, 3.63) is 41.2 Å². The van der Waals surface area contributed by atoms with Crippen molar-refractivity contribution in [3.63, 3.8) is 0 Å². The number of hydrogen-bond donors (Lipinski definition) is 2. The molecule has 1 saturated heterocycles. The van der Waals surface area contributed by atoms with Gasteiger partial charge in [0, 0.05) is 69.4 Å². The van der Waals surface area contributed by atoms with E-state index in [-0.39, 0.29) is 11.7 Å². The quantitative estimate of drug-likeness (QED) is 0.400. The van der Waals surface area contributed by atoms with Gasteiger partial charge in [-0.1, -0.05) is 6.07 Å². The van der Waals surface area contributed by atoms with Gasteiger partial charge in [-0.15, -0.1) is 0 Å². The molecule has 0 aromatic carbocycles. The smallest absolute Gasteiger partial charge is 0.328 e. The molecule has 11 nitrogen and oxygen atoms in total. The number of aldehydes is 1. The molecule has 2 amide bonds. The first-order chi connectivity index (χ1) is 17.5. The van der Waals surface area contributed by atoms with Gasteiger partial charge in [0.2, 0.25) is 0 Å². The Kier molecular flexibility index (Phi) is 6.57. The number of anilines is 3. The first-order valence-electron chi connectivity index (χ1n) is 12.0. The highest BCUT2D eigenvalue weighted by atomic mass is 16.5. The van der Waals surface area contributed by atoms with Crippen LogP contribution in [0.5, 0.6) is 0 Å². The molecule has 3 aliphatic heterocycles. The van der Waals surface area contributed by atoms with E-state index in [1.807, 2.05) is 6.07 Å². The Morgan fingerprint density at radius 2 is 2.17 bits per heavy atom. The maximum Gasteiger partial charge on any atom is 0.328 e. The molecule has 4 aliphatic rings. The summed E-state index contributed by atoms with van der Waals surface area (Å²) in [5, 5.41) is 15.3. The van der Waals surface area contributed by atoms with Crippen molar-refractivity contribution in [2.24, 2.45) is 5.92 Å². The van der Waals surface area contributed by atoms with Crippen LogP contribution in [0.15, 0.2) is 24.4 Å². The molecule has 11 heteroatoms. The molecule has 0 unspecified atom stereocenters. The zero-order valence-electron chi connectivity index (χ0n) is 20.4. The molecule has 36 heavy (non-hydrogen) atoms. The van der Waals surface area contributed by atoms with Gasteiger partial charge in [-0.05, 0) is 13.1 Å². The monoisotopic (exact) mass is 491 g/mol. The first kappa shape index (κ1) is 24.1. The van der Waals surface area contributed by atoms with E-state index in [9.17, 15) is 14.9 Å². The second-order valence-corrected chi connectivity index (χ2v) is 9.63. The number of nitrogens with zero attached hydrogens (tertiary/aromatic N) is 5. The van der Waals surface area contributed by atoms with E-state index in [0.29, 0.717) is 67.7 Å². The number of nitriles is 1. The van der Waals surface area contributed by atoms with Crippen LogP contribution in [0, 0.1) is 17.2 Å². The molecule has 1 saturated carbocycles. The summed E-state index contributed by atoms with van der Waals surface area (Å²) >= 11 is 0. The van der Waals surface area contributed by atoms with E-state index in [1.165, 1.54) is 6.20 Å². The predicted octanol–water partition coefficient (Wildman–Crippen LogP) is 2.21. The molecule has 188 valence electrons. The number of likely N-dealkylation sites (tertiary alicyclic amines) is 1. The van der Waals surface area contributed by atoms with Gasteiger partial charge in [-0.25, -0.2) is 14.8 Å². The third-order valence-electron chi connectivity index (χ3n) is 7.07. The summed E-state index contributed by atoms with van der Waals surface area (Å²) in [4.78, 5) is 37.5. The molecular formula is C25H29N7O4. The third-order valence-corrected chi connectivity index (χ3v) is 7.07. The van der Waals surface area contributed by atoms with Crippen LogP contribution in [0.1, 0.15) is 34.5 Å². The Hall–Kier alpha value is -3.59. The minimum atomic E-state index is -0.482. The number of pyridine rings is 2. The van der Waals surface area contributed by atoms with Gasteiger partial charge in [0.15, 0.2) is 6.29 Å². The van der Waals surface area contributed by atoms with Gasteiger partial charge < -0.3 is 19.7 Å². The lowest BCUT2D eigenvalue weighted by atomic mass is 9.67. The molecule has 6 rings (SSSR count). The largest absolute Gasteiger partial charge is 0.383 e. The number of urea groups is 1. The Balaban J connectivity index is 1.36. The SMILES string of the molecule is COCCNc1cc(NC(=O)N2c3nc(C=O)ccc3C3(OCC4CN(C)C4)CC2C3)ncc1C#N. The second-order valence-electron chi connectivity index (χ2n) is 9.63. The summed E-state index contributed by atoms with van der Waals surface area (Å²) in [6.45, 7) is 3.66. The van der Waals surface area contributed by atoms with Crippen molar-refractivity contribution < 1.29 is 19.1 Å². The summed E-state index contributed by atoms with van der Waals surface area (Å²) in [5.74, 6) is 1.25. The number of carbonyl (C=O) groups is 2. The molecule has 0 spiro atoms. The van der Waals surface area contributed by atoms with Gasteiger partial charge >= 0.3 is 6.03 Å². The van der Waals surface area contributed by atoms with Crippen molar-refractivity contribution in [3.8, 4) is 6.07 Å². The average molecular weight is 492 g/mol. The number of rotatable bonds is 9. The van der Waals surface area contributed by atoms with Crippen LogP contribution >= 0.6 is 0 Å². The number of ether oxygens (including phenoxy) is 2. The van der Waals surface area contributed by atoms with E-state index < -0.39 is 11.6 Å². The Bertz CT molecular complexity index is 1200. The summed E-state index contributed by atoms with van der Waals surface area (Å²) in [5.41, 5.74) is 1.52. The number of aromatic nitrogens is 2. The number of carbonyl (C=O) groups excluding carboxylic acids is 2. The van der Waals surface area contributed by atoms with Crippen LogP contribution in [0.3, 0.4) is 0 Å². The van der Waals surface area contributed by atoms with Crippen LogP contribution in [-0.2, 0) is 15.1 Å². The molecule has 1 aliphatic carbocycles. The van der Waals surface area contributed by atoms with E-state index in [4.69, 9.17) is 9.47 Å². The van der Waals surface area contributed by atoms with E-state index in [1.54, 1.807) is 24.1 Å². The van der Waals surface area contributed by atoms with Crippen molar-refractivity contribution in [1.29, 1.82) is 5.26 Å². The summed E-state index contributed by atoms with van der Waals surface area (Å²) in [6, 6.07) is 6.74. The average Bonchev–Trinajstić information content (AvgIpc) is 2.84. The van der Waals surface area contributed by atoms with Crippen molar-refractivity contribution in [2.45, 2.75) is 24.5 Å². The second kappa shape index (κ2) is 9.81. The number of hydrogen-bond acceptors (Lipinski definition) is 9. The fourth-order valence-electron chi connectivity index (χ4n) is 5.23. The van der Waals surface area contributed by atoms with Crippen molar-refractivity contribution in [1.82, 2.24) is 14.9 Å². The zero-order chi connectivity index (χ0) is 25.3. The van der Waals surface area contributed by atoms with E-state index in [0.717, 1.165) is 18.7 Å². The molecule has 2 N–H and O–H groups in total. The lowest BCUT2D eigenvalue weighted by Gasteiger charge is -2.57. The van der Waals surface area contributed by atoms with Gasteiger partial charge in [0.1, 0.15) is 29.0 Å². The Morgan fingerprint density at radius 3 is 2.86 bits per heavy atom. The van der Waals surface area contributed by atoms with Gasteiger partial charge in [-0.2, -0.15) is 5.26 Å². The number of nitrogens with one attached hydrogen (secondary N) is 2. The molecular weight excluding hydrogens is 462 g/mol. The summed E-state index contributed by atoms with van der Waals surface area (Å²) in [7, 11) is 3.69. The van der Waals surface area contributed by atoms with Gasteiger partial charge in [0.25, 0.3) is 0 Å². The molecule has 2 fully saturated rings. The van der Waals surface area contributed by atoms with Crippen LogP contribution < -0.4 is 15.5 Å². The van der Waals surface area contributed by atoms with Crippen molar-refractivity contribution in [2.75, 3.05) is 62.5 Å². The lowest BCUT2D eigenvalue weighted by molar-refractivity contribution is -0.143. The maximum atomic E-state index is 13.4. The highest BCUT2D eigenvalue weighted by molar-refractivity contribution is 6.03. The van der Waals surface area contributed by atoms with Crippen LogP contribution in [0.25, 0.3) is 0 Å². The standard InChI is InChI=1S/C25H29N7O4/c1-31-12-16(13-31)15-36-25-8-19(9-25)32(23-20(25)4-3-18(14-33)29-23)24(34)30-22-7-21(27-5-6-35-2)17(10-26)11-28-22/h3-4,7,11,14,16,19H,5-6,8-9,12-13,15H2,1-2H3,(H2,27,28,30,34). The molecule has 0 atom stereocenters. The number of amides is 2. The Morgan fingerprint density at radius 1 is 1.36 bits per heavy atom. The van der Waals surface area contributed by atoms with Crippen LogP contribution in [0.2, 0.25) is 0 Å². The first-order valence-corrected chi connectivity index (χ1v) is 12.0. The predicted molar refractivity (Wildman–Crippen MR) is 132 cm³/mol. The topological polar surface area (TPSA) is 133 Å². The minimum absolute atomic E-state index is 0.103. The number of methoxy groups -OCH3 is 1. The summed E-state index contributed by atoms with van der Waals surface area (Å²) < 4.78 is 11.5. The zero-order valence-corrected chi connectivity index (χ0v) is 20.4.